The second-order valence-corrected chi connectivity index (χ2v) is 8.09. The fraction of sp³-hybridized carbons (Fsp3) is 0.348. The fourth-order valence-corrected chi connectivity index (χ4v) is 3.47. The summed E-state index contributed by atoms with van der Waals surface area (Å²) in [5.41, 5.74) is 3.40. The molecule has 3 aromatic rings. The van der Waals surface area contributed by atoms with Gasteiger partial charge < -0.3 is 14.8 Å². The number of nitrogens with zero attached hydrogens (tertiary/aromatic N) is 2. The van der Waals surface area contributed by atoms with Crippen LogP contribution in [0.1, 0.15) is 26.3 Å². The summed E-state index contributed by atoms with van der Waals surface area (Å²) >= 11 is 0. The van der Waals surface area contributed by atoms with E-state index in [1.807, 2.05) is 24.4 Å². The molecule has 0 saturated heterocycles. The molecule has 0 atom stereocenters. The number of benzene rings is 2. The van der Waals surface area contributed by atoms with Gasteiger partial charge in [-0.05, 0) is 38.5 Å². The van der Waals surface area contributed by atoms with Crippen molar-refractivity contribution in [2.45, 2.75) is 32.9 Å². The highest BCUT2D eigenvalue weighted by atomic mass is 16.7. The van der Waals surface area contributed by atoms with Gasteiger partial charge in [0.1, 0.15) is 0 Å². The number of nitrogens with one attached hydrogen (secondary N) is 1. The summed E-state index contributed by atoms with van der Waals surface area (Å²) in [5, 5.41) is 4.64. The molecule has 2 heterocycles. The first-order chi connectivity index (χ1) is 13.5. The Labute approximate surface area is 166 Å². The second kappa shape index (κ2) is 7.68. The van der Waals surface area contributed by atoms with E-state index in [1.54, 1.807) is 0 Å². The average molecular weight is 377 g/mol. The van der Waals surface area contributed by atoms with Crippen molar-refractivity contribution in [3.63, 3.8) is 0 Å². The van der Waals surface area contributed by atoms with E-state index in [9.17, 15) is 0 Å². The summed E-state index contributed by atoms with van der Waals surface area (Å²) in [6, 6.07) is 16.6. The molecule has 28 heavy (non-hydrogen) atoms. The minimum absolute atomic E-state index is 0.0871. The molecule has 0 spiro atoms. The van der Waals surface area contributed by atoms with Crippen LogP contribution in [0.15, 0.2) is 54.7 Å². The largest absolute Gasteiger partial charge is 0.454 e. The Hall–Kier alpha value is -2.79. The van der Waals surface area contributed by atoms with Gasteiger partial charge in [0.2, 0.25) is 6.79 Å². The lowest BCUT2D eigenvalue weighted by Gasteiger charge is -2.36. The highest BCUT2D eigenvalue weighted by Crippen LogP contribution is 2.37. The Morgan fingerprint density at radius 2 is 1.79 bits per heavy atom. The van der Waals surface area contributed by atoms with Crippen LogP contribution in [-0.2, 0) is 6.54 Å². The zero-order valence-electron chi connectivity index (χ0n) is 16.7. The zero-order valence-corrected chi connectivity index (χ0v) is 16.7. The SMILES string of the molecule is CC(C)(C)N(CCNc1ccnc2cc3c(cc12)OCO3)Cc1ccccc1. The monoisotopic (exact) mass is 377 g/mol. The lowest BCUT2D eigenvalue weighted by molar-refractivity contribution is 0.134. The Balaban J connectivity index is 1.47. The third kappa shape index (κ3) is 4.04. The van der Waals surface area contributed by atoms with Crippen molar-refractivity contribution in [3.8, 4) is 11.5 Å². The van der Waals surface area contributed by atoms with Crippen molar-refractivity contribution < 1.29 is 9.47 Å². The van der Waals surface area contributed by atoms with E-state index < -0.39 is 0 Å². The number of rotatable bonds is 6. The summed E-state index contributed by atoms with van der Waals surface area (Å²) in [7, 11) is 0. The minimum Gasteiger partial charge on any atom is -0.454 e. The van der Waals surface area contributed by atoms with Gasteiger partial charge in [0.05, 0.1) is 5.52 Å². The van der Waals surface area contributed by atoms with E-state index in [0.29, 0.717) is 0 Å². The van der Waals surface area contributed by atoms with Crippen LogP contribution in [0.3, 0.4) is 0 Å². The average Bonchev–Trinajstić information content (AvgIpc) is 3.13. The number of fused-ring (bicyclic) bond motifs is 2. The van der Waals surface area contributed by atoms with E-state index in [-0.39, 0.29) is 12.3 Å². The van der Waals surface area contributed by atoms with Gasteiger partial charge in [0.25, 0.3) is 0 Å². The van der Waals surface area contributed by atoms with Crippen LogP contribution in [-0.4, -0.2) is 35.3 Å². The third-order valence-electron chi connectivity index (χ3n) is 5.10. The van der Waals surface area contributed by atoms with Crippen molar-refractivity contribution in [1.82, 2.24) is 9.88 Å². The molecule has 1 N–H and O–H groups in total. The number of ether oxygens (including phenoxy) is 2. The van der Waals surface area contributed by atoms with E-state index in [4.69, 9.17) is 9.47 Å². The summed E-state index contributed by atoms with van der Waals surface area (Å²) in [5.74, 6) is 1.54. The maximum Gasteiger partial charge on any atom is 0.231 e. The number of aromatic nitrogens is 1. The van der Waals surface area contributed by atoms with Gasteiger partial charge in [0.15, 0.2) is 11.5 Å². The first-order valence-electron chi connectivity index (χ1n) is 9.72. The number of hydrogen-bond acceptors (Lipinski definition) is 5. The van der Waals surface area contributed by atoms with Crippen LogP contribution in [0.25, 0.3) is 10.9 Å². The molecule has 1 aliphatic rings. The molecule has 0 fully saturated rings. The van der Waals surface area contributed by atoms with Crippen molar-refractivity contribution in [1.29, 1.82) is 0 Å². The first kappa shape index (κ1) is 18.6. The molecule has 146 valence electrons. The molecular formula is C23H27N3O2. The molecule has 0 amide bonds. The van der Waals surface area contributed by atoms with Crippen LogP contribution in [0.5, 0.6) is 11.5 Å². The Morgan fingerprint density at radius 1 is 1.04 bits per heavy atom. The van der Waals surface area contributed by atoms with Gasteiger partial charge in [0, 0.05) is 48.5 Å². The molecule has 2 aromatic carbocycles. The van der Waals surface area contributed by atoms with Crippen molar-refractivity contribution >= 4 is 16.6 Å². The highest BCUT2D eigenvalue weighted by Gasteiger charge is 2.21. The van der Waals surface area contributed by atoms with Gasteiger partial charge in [-0.1, -0.05) is 30.3 Å². The van der Waals surface area contributed by atoms with Crippen molar-refractivity contribution in [2.75, 3.05) is 25.2 Å². The quantitative estimate of drug-likeness (QED) is 0.676. The Morgan fingerprint density at radius 3 is 2.54 bits per heavy atom. The van der Waals surface area contributed by atoms with Gasteiger partial charge in [-0.15, -0.1) is 0 Å². The fourth-order valence-electron chi connectivity index (χ4n) is 3.47. The van der Waals surface area contributed by atoms with Gasteiger partial charge in [-0.3, -0.25) is 9.88 Å². The highest BCUT2D eigenvalue weighted by molar-refractivity contribution is 5.93. The predicted molar refractivity (Wildman–Crippen MR) is 113 cm³/mol. The molecular weight excluding hydrogens is 350 g/mol. The zero-order chi connectivity index (χ0) is 19.6. The molecule has 0 aliphatic carbocycles. The molecule has 5 nitrogen and oxygen atoms in total. The number of hydrogen-bond donors (Lipinski definition) is 1. The van der Waals surface area contributed by atoms with Crippen LogP contribution in [0, 0.1) is 0 Å². The topological polar surface area (TPSA) is 46.6 Å². The number of anilines is 1. The standard InChI is InChI=1S/C23H27N3O2/c1-23(2,3)26(15-17-7-5-4-6-8-17)12-11-25-19-9-10-24-20-14-22-21(13-18(19)20)27-16-28-22/h4-10,13-14H,11-12,15-16H2,1-3H3,(H,24,25). The Bertz CT molecular complexity index is 951. The molecule has 0 radical (unpaired) electrons. The summed E-state index contributed by atoms with van der Waals surface area (Å²) in [6.07, 6.45) is 1.83. The third-order valence-corrected chi connectivity index (χ3v) is 5.10. The molecule has 0 saturated carbocycles. The van der Waals surface area contributed by atoms with Gasteiger partial charge >= 0.3 is 0 Å². The molecule has 0 unspecified atom stereocenters. The molecule has 0 bridgehead atoms. The maximum atomic E-state index is 5.53. The van der Waals surface area contributed by atoms with Crippen molar-refractivity contribution in [3.05, 3.63) is 60.3 Å². The Kier molecular flexibility index (Phi) is 5.09. The molecule has 4 rings (SSSR count). The lowest BCUT2D eigenvalue weighted by Crippen LogP contribution is -2.43. The van der Waals surface area contributed by atoms with Gasteiger partial charge in [-0.2, -0.15) is 0 Å². The molecule has 5 heteroatoms. The van der Waals surface area contributed by atoms with E-state index in [0.717, 1.165) is 47.7 Å². The maximum absolute atomic E-state index is 5.53. The second-order valence-electron chi connectivity index (χ2n) is 8.09. The lowest BCUT2D eigenvalue weighted by atomic mass is 10.0. The smallest absolute Gasteiger partial charge is 0.231 e. The normalized spacial score (nSPS) is 13.3. The summed E-state index contributed by atoms with van der Waals surface area (Å²) in [4.78, 5) is 6.97. The summed E-state index contributed by atoms with van der Waals surface area (Å²) in [6.45, 7) is 9.77. The van der Waals surface area contributed by atoms with Crippen LogP contribution >= 0.6 is 0 Å². The minimum atomic E-state index is 0.0871. The van der Waals surface area contributed by atoms with E-state index in [1.165, 1.54) is 5.56 Å². The molecule has 1 aliphatic heterocycles. The van der Waals surface area contributed by atoms with Crippen LogP contribution in [0.4, 0.5) is 5.69 Å². The summed E-state index contributed by atoms with van der Waals surface area (Å²) < 4.78 is 11.0. The van der Waals surface area contributed by atoms with Gasteiger partial charge in [-0.25, -0.2) is 0 Å². The number of pyridine rings is 1. The molecule has 1 aromatic heterocycles. The van der Waals surface area contributed by atoms with Crippen molar-refractivity contribution in [2.24, 2.45) is 0 Å². The predicted octanol–water partition coefficient (Wildman–Crippen LogP) is 4.68. The van der Waals surface area contributed by atoms with Crippen LogP contribution < -0.4 is 14.8 Å². The first-order valence-corrected chi connectivity index (χ1v) is 9.72. The van der Waals surface area contributed by atoms with E-state index in [2.05, 4.69) is 66.3 Å². The van der Waals surface area contributed by atoms with E-state index >= 15 is 0 Å². The van der Waals surface area contributed by atoms with Crippen LogP contribution in [0.2, 0.25) is 0 Å².